The zero-order valence-corrected chi connectivity index (χ0v) is 22.2. The van der Waals surface area contributed by atoms with E-state index in [9.17, 15) is 4.79 Å². The van der Waals surface area contributed by atoms with Gasteiger partial charge in [-0.25, -0.2) is 4.98 Å². The zero-order valence-electron chi connectivity index (χ0n) is 21.4. The topological polar surface area (TPSA) is 117 Å². The minimum Gasteiger partial charge on any atom is -0.491 e. The molecule has 2 heterocycles. The van der Waals surface area contributed by atoms with Crippen LogP contribution in [0.5, 0.6) is 5.75 Å². The lowest BCUT2D eigenvalue weighted by molar-refractivity contribution is 0.0963. The van der Waals surface area contributed by atoms with Crippen LogP contribution in [0.2, 0.25) is 5.02 Å². The second kappa shape index (κ2) is 11.3. The summed E-state index contributed by atoms with van der Waals surface area (Å²) < 4.78 is 6.18. The summed E-state index contributed by atoms with van der Waals surface area (Å²) in [5.41, 5.74) is 5.25. The van der Waals surface area contributed by atoms with Gasteiger partial charge in [-0.2, -0.15) is 10.1 Å². The van der Waals surface area contributed by atoms with E-state index in [0.717, 1.165) is 28.1 Å². The fraction of sp³-hybridized carbons (Fsp3) is 0.259. The van der Waals surface area contributed by atoms with Crippen molar-refractivity contribution in [3.63, 3.8) is 0 Å². The van der Waals surface area contributed by atoms with E-state index in [1.165, 1.54) is 6.20 Å². The van der Waals surface area contributed by atoms with E-state index in [2.05, 4.69) is 50.0 Å². The molecule has 0 radical (unpaired) electrons. The molecule has 2 aromatic heterocycles. The van der Waals surface area contributed by atoms with Gasteiger partial charge in [0.2, 0.25) is 5.95 Å². The van der Waals surface area contributed by atoms with Crippen LogP contribution in [-0.4, -0.2) is 39.7 Å². The molecule has 192 valence electrons. The van der Waals surface area contributed by atoms with Crippen LogP contribution in [0.15, 0.2) is 48.7 Å². The van der Waals surface area contributed by atoms with E-state index in [1.807, 2.05) is 56.3 Å². The van der Waals surface area contributed by atoms with Crippen LogP contribution in [0.1, 0.15) is 35.5 Å². The van der Waals surface area contributed by atoms with Crippen molar-refractivity contribution in [1.29, 1.82) is 0 Å². The summed E-state index contributed by atoms with van der Waals surface area (Å²) in [6, 6.07) is 13.3. The van der Waals surface area contributed by atoms with Crippen molar-refractivity contribution >= 4 is 40.8 Å². The van der Waals surface area contributed by atoms with Crippen molar-refractivity contribution in [2.75, 3.05) is 24.3 Å². The Morgan fingerprint density at radius 3 is 2.51 bits per heavy atom. The smallest absolute Gasteiger partial charge is 0.251 e. The van der Waals surface area contributed by atoms with Gasteiger partial charge in [0.25, 0.3) is 5.91 Å². The number of aromatic amines is 1. The number of anilines is 4. The van der Waals surface area contributed by atoms with Crippen LogP contribution in [0.4, 0.5) is 23.3 Å². The Morgan fingerprint density at radius 1 is 1.11 bits per heavy atom. The molecule has 9 nitrogen and oxygen atoms in total. The molecule has 0 aliphatic carbocycles. The number of amides is 1. The highest BCUT2D eigenvalue weighted by molar-refractivity contribution is 6.32. The summed E-state index contributed by atoms with van der Waals surface area (Å²) in [6.07, 6.45) is 1.53. The quantitative estimate of drug-likeness (QED) is 0.213. The zero-order chi connectivity index (χ0) is 26.5. The summed E-state index contributed by atoms with van der Waals surface area (Å²) in [7, 11) is 1.62. The first-order valence-electron chi connectivity index (χ1n) is 11.9. The molecule has 0 unspecified atom stereocenters. The van der Waals surface area contributed by atoms with Crippen LogP contribution in [0.25, 0.3) is 11.1 Å². The average Bonchev–Trinajstić information content (AvgIpc) is 3.29. The highest BCUT2D eigenvalue weighted by atomic mass is 35.5. The van der Waals surface area contributed by atoms with E-state index >= 15 is 0 Å². The average molecular weight is 520 g/mol. The van der Waals surface area contributed by atoms with Gasteiger partial charge in [0.15, 0.2) is 11.6 Å². The summed E-state index contributed by atoms with van der Waals surface area (Å²) in [5, 5.41) is 16.5. The lowest BCUT2D eigenvalue weighted by atomic mass is 9.98. The number of benzene rings is 2. The highest BCUT2D eigenvalue weighted by Gasteiger charge is 2.15. The molecular weight excluding hydrogens is 490 g/mol. The van der Waals surface area contributed by atoms with E-state index in [-0.39, 0.29) is 5.91 Å². The van der Waals surface area contributed by atoms with Crippen LogP contribution in [-0.2, 0) is 0 Å². The molecule has 4 rings (SSSR count). The number of carbonyl (C=O) groups excluding carboxylic acids is 1. The van der Waals surface area contributed by atoms with Gasteiger partial charge in [-0.15, -0.1) is 0 Å². The second-order valence-electron chi connectivity index (χ2n) is 9.10. The van der Waals surface area contributed by atoms with Crippen LogP contribution >= 0.6 is 11.6 Å². The number of aromatic nitrogens is 4. The maximum Gasteiger partial charge on any atom is 0.251 e. The Hall–Kier alpha value is -4.11. The molecule has 2 aromatic carbocycles. The maximum atomic E-state index is 11.9. The minimum absolute atomic E-state index is 0.122. The number of rotatable bonds is 9. The summed E-state index contributed by atoms with van der Waals surface area (Å²) in [5.74, 6) is 2.27. The van der Waals surface area contributed by atoms with Gasteiger partial charge < -0.3 is 20.7 Å². The van der Waals surface area contributed by atoms with E-state index in [0.29, 0.717) is 46.4 Å². The number of halogens is 1. The minimum atomic E-state index is -0.122. The number of carbonyl (C=O) groups is 1. The van der Waals surface area contributed by atoms with Gasteiger partial charge in [-0.1, -0.05) is 37.6 Å². The largest absolute Gasteiger partial charge is 0.491 e. The summed E-state index contributed by atoms with van der Waals surface area (Å²) >= 11 is 6.32. The fourth-order valence-corrected chi connectivity index (χ4v) is 3.80. The van der Waals surface area contributed by atoms with E-state index < -0.39 is 0 Å². The highest BCUT2D eigenvalue weighted by Crippen LogP contribution is 2.36. The molecule has 0 fully saturated rings. The molecule has 0 aliphatic heterocycles. The van der Waals surface area contributed by atoms with Gasteiger partial charge >= 0.3 is 0 Å². The van der Waals surface area contributed by atoms with Gasteiger partial charge in [0.1, 0.15) is 10.8 Å². The standard InChI is InChI=1S/C27H30ClN7O2/c1-15(2)14-37-23-12-20(18-6-8-19(9-7-18)26(36)29-5)16(3)10-22(23)31-27-30-13-21(28)25(33-27)32-24-11-17(4)34-35-24/h6-13,15H,14H2,1-5H3,(H,29,36)(H3,30,31,32,33,34,35). The lowest BCUT2D eigenvalue weighted by Gasteiger charge is -2.18. The Morgan fingerprint density at radius 2 is 1.86 bits per heavy atom. The first-order chi connectivity index (χ1) is 17.7. The fourth-order valence-electron chi connectivity index (χ4n) is 3.66. The first-order valence-corrected chi connectivity index (χ1v) is 12.3. The summed E-state index contributed by atoms with van der Waals surface area (Å²) in [6.45, 7) is 8.66. The predicted molar refractivity (Wildman–Crippen MR) is 147 cm³/mol. The van der Waals surface area contributed by atoms with Crippen LogP contribution in [0, 0.1) is 19.8 Å². The number of aryl methyl sites for hydroxylation is 2. The molecule has 4 aromatic rings. The first kappa shape index (κ1) is 26.0. The van der Waals surface area contributed by atoms with Crippen molar-refractivity contribution in [2.45, 2.75) is 27.7 Å². The molecule has 0 aliphatic rings. The van der Waals surface area contributed by atoms with Gasteiger partial charge in [-0.3, -0.25) is 9.89 Å². The van der Waals surface area contributed by atoms with Crippen LogP contribution < -0.4 is 20.7 Å². The number of nitrogens with zero attached hydrogens (tertiary/aromatic N) is 3. The third kappa shape index (κ3) is 6.37. The molecule has 0 atom stereocenters. The number of nitrogens with one attached hydrogen (secondary N) is 4. The van der Waals surface area contributed by atoms with Gasteiger partial charge in [0.05, 0.1) is 18.5 Å². The molecule has 0 spiro atoms. The molecule has 0 saturated carbocycles. The van der Waals surface area contributed by atoms with E-state index in [1.54, 1.807) is 7.05 Å². The maximum absolute atomic E-state index is 11.9. The number of H-pyrrole nitrogens is 1. The Labute approximate surface area is 221 Å². The lowest BCUT2D eigenvalue weighted by Crippen LogP contribution is -2.17. The molecule has 4 N–H and O–H groups in total. The van der Waals surface area contributed by atoms with Gasteiger partial charge in [-0.05, 0) is 60.7 Å². The second-order valence-corrected chi connectivity index (χ2v) is 9.51. The molecule has 0 saturated heterocycles. The van der Waals surface area contributed by atoms with Gasteiger partial charge in [0, 0.05) is 24.4 Å². The Bertz CT molecular complexity index is 1400. The number of hydrogen-bond donors (Lipinski definition) is 4. The monoisotopic (exact) mass is 519 g/mol. The van der Waals surface area contributed by atoms with Crippen molar-refractivity contribution in [2.24, 2.45) is 5.92 Å². The molecule has 37 heavy (non-hydrogen) atoms. The Balaban J connectivity index is 1.66. The Kier molecular flexibility index (Phi) is 7.93. The third-order valence-electron chi connectivity index (χ3n) is 5.53. The normalized spacial score (nSPS) is 10.9. The van der Waals surface area contributed by atoms with E-state index in [4.69, 9.17) is 16.3 Å². The molecule has 0 bridgehead atoms. The third-order valence-corrected chi connectivity index (χ3v) is 5.80. The van der Waals surface area contributed by atoms with Crippen molar-refractivity contribution < 1.29 is 9.53 Å². The molecule has 10 heteroatoms. The SMILES string of the molecule is CNC(=O)c1ccc(-c2cc(OCC(C)C)c(Nc3ncc(Cl)c(Nc4cc(C)[nH]n4)n3)cc2C)cc1. The van der Waals surface area contributed by atoms with Crippen LogP contribution in [0.3, 0.4) is 0 Å². The van der Waals surface area contributed by atoms with Crippen molar-refractivity contribution in [3.8, 4) is 16.9 Å². The van der Waals surface area contributed by atoms with Crippen molar-refractivity contribution in [3.05, 3.63) is 70.5 Å². The number of ether oxygens (including phenoxy) is 1. The number of hydrogen-bond acceptors (Lipinski definition) is 7. The summed E-state index contributed by atoms with van der Waals surface area (Å²) in [4.78, 5) is 20.8. The molecular formula is C27H30ClN7O2. The predicted octanol–water partition coefficient (Wildman–Crippen LogP) is 6.02. The molecule has 1 amide bonds. The van der Waals surface area contributed by atoms with Crippen molar-refractivity contribution in [1.82, 2.24) is 25.5 Å².